The summed E-state index contributed by atoms with van der Waals surface area (Å²) in [6.45, 7) is 1.53. The minimum absolute atomic E-state index is 0.0269. The van der Waals surface area contributed by atoms with E-state index in [2.05, 4.69) is 10.3 Å². The van der Waals surface area contributed by atoms with E-state index in [4.69, 9.17) is 0 Å². The number of aromatic hydroxyl groups is 1. The van der Waals surface area contributed by atoms with Crippen molar-refractivity contribution in [3.05, 3.63) is 27.5 Å². The minimum atomic E-state index is -0.241. The van der Waals surface area contributed by atoms with Crippen LogP contribution >= 0.6 is 0 Å². The highest BCUT2D eigenvalue weighted by Gasteiger charge is 2.13. The highest BCUT2D eigenvalue weighted by molar-refractivity contribution is 5.35. The Morgan fingerprint density at radius 1 is 1.50 bits per heavy atom. The van der Waals surface area contributed by atoms with Crippen LogP contribution in [0, 0.1) is 0 Å². The number of hydrogen-bond acceptors (Lipinski definition) is 3. The summed E-state index contributed by atoms with van der Waals surface area (Å²) in [5, 5.41) is 12.5. The van der Waals surface area contributed by atoms with Gasteiger partial charge in [0.2, 0.25) is 0 Å². The second-order valence-electron chi connectivity index (χ2n) is 2.91. The Morgan fingerprint density at radius 3 is 3.17 bits per heavy atom. The number of fused-ring (bicyclic) bond motifs is 1. The summed E-state index contributed by atoms with van der Waals surface area (Å²) in [6.07, 6.45) is 0.776. The largest absolute Gasteiger partial charge is 0.494 e. The van der Waals surface area contributed by atoms with Crippen molar-refractivity contribution in [2.45, 2.75) is 13.0 Å². The van der Waals surface area contributed by atoms with Crippen LogP contribution in [0.5, 0.6) is 5.88 Å². The molecule has 0 radical (unpaired) electrons. The van der Waals surface area contributed by atoms with Crippen LogP contribution in [0.3, 0.4) is 0 Å². The predicted molar refractivity (Wildman–Crippen MR) is 44.1 cm³/mol. The first-order valence-corrected chi connectivity index (χ1v) is 3.92. The maximum atomic E-state index is 10.9. The third-order valence-electron chi connectivity index (χ3n) is 2.09. The van der Waals surface area contributed by atoms with E-state index in [9.17, 15) is 9.90 Å². The summed E-state index contributed by atoms with van der Waals surface area (Å²) < 4.78 is 0. The van der Waals surface area contributed by atoms with E-state index in [1.807, 2.05) is 0 Å². The van der Waals surface area contributed by atoms with E-state index in [0.717, 1.165) is 24.1 Å². The molecule has 0 aromatic carbocycles. The van der Waals surface area contributed by atoms with Crippen LogP contribution < -0.4 is 10.9 Å². The normalized spacial score (nSPS) is 15.7. The van der Waals surface area contributed by atoms with Gasteiger partial charge in [-0.2, -0.15) is 0 Å². The van der Waals surface area contributed by atoms with E-state index >= 15 is 0 Å². The lowest BCUT2D eigenvalue weighted by Crippen LogP contribution is -2.25. The van der Waals surface area contributed by atoms with E-state index in [1.165, 1.54) is 6.07 Å². The van der Waals surface area contributed by atoms with Gasteiger partial charge >= 0.3 is 0 Å². The van der Waals surface area contributed by atoms with E-state index in [1.54, 1.807) is 0 Å². The lowest BCUT2D eigenvalue weighted by molar-refractivity contribution is 0.437. The predicted octanol–water partition coefficient (Wildman–Crippen LogP) is -0.274. The number of aromatic nitrogens is 1. The van der Waals surface area contributed by atoms with Crippen molar-refractivity contribution in [1.29, 1.82) is 0 Å². The molecule has 0 unspecified atom stereocenters. The average molecular weight is 166 g/mol. The highest BCUT2D eigenvalue weighted by atomic mass is 16.3. The van der Waals surface area contributed by atoms with Crippen molar-refractivity contribution in [2.24, 2.45) is 0 Å². The van der Waals surface area contributed by atoms with Crippen molar-refractivity contribution < 1.29 is 5.11 Å². The summed E-state index contributed by atoms with van der Waals surface area (Å²) in [5.41, 5.74) is 1.53. The van der Waals surface area contributed by atoms with Gasteiger partial charge in [0.05, 0.1) is 0 Å². The molecule has 0 saturated heterocycles. The molecule has 2 heterocycles. The van der Waals surface area contributed by atoms with E-state index in [-0.39, 0.29) is 11.4 Å². The lowest BCUT2D eigenvalue weighted by Gasteiger charge is -2.16. The van der Waals surface area contributed by atoms with Gasteiger partial charge in [0.15, 0.2) is 5.88 Å². The first-order chi connectivity index (χ1) is 5.77. The maximum Gasteiger partial charge on any atom is 0.251 e. The quantitative estimate of drug-likeness (QED) is 0.497. The Bertz CT molecular complexity index is 357. The summed E-state index contributed by atoms with van der Waals surface area (Å²) in [4.78, 5) is 13.3. The summed E-state index contributed by atoms with van der Waals surface area (Å²) >= 11 is 0. The van der Waals surface area contributed by atoms with Crippen molar-refractivity contribution in [3.63, 3.8) is 0 Å². The Kier molecular flexibility index (Phi) is 1.62. The first kappa shape index (κ1) is 7.36. The minimum Gasteiger partial charge on any atom is -0.494 e. The molecule has 1 aliphatic rings. The second-order valence-corrected chi connectivity index (χ2v) is 2.91. The summed E-state index contributed by atoms with van der Waals surface area (Å²) in [6, 6.07) is 1.53. The molecular weight excluding hydrogens is 156 g/mol. The Morgan fingerprint density at radius 2 is 2.33 bits per heavy atom. The zero-order valence-corrected chi connectivity index (χ0v) is 6.55. The first-order valence-electron chi connectivity index (χ1n) is 3.92. The number of H-pyrrole nitrogens is 1. The van der Waals surface area contributed by atoms with Crippen LogP contribution in [0.2, 0.25) is 0 Å². The van der Waals surface area contributed by atoms with Crippen LogP contribution in [-0.2, 0) is 13.0 Å². The molecule has 0 aliphatic carbocycles. The monoisotopic (exact) mass is 166 g/mol. The van der Waals surface area contributed by atoms with Crippen molar-refractivity contribution in [3.8, 4) is 5.88 Å². The van der Waals surface area contributed by atoms with Gasteiger partial charge in [0.1, 0.15) is 0 Å². The van der Waals surface area contributed by atoms with Crippen LogP contribution in [0.25, 0.3) is 0 Å². The van der Waals surface area contributed by atoms with E-state index < -0.39 is 0 Å². The summed E-state index contributed by atoms with van der Waals surface area (Å²) in [7, 11) is 0. The Hall–Kier alpha value is -1.29. The molecule has 1 aromatic heterocycles. The molecule has 4 nitrogen and oxygen atoms in total. The lowest BCUT2D eigenvalue weighted by atomic mass is 10.0. The third-order valence-corrected chi connectivity index (χ3v) is 2.09. The fourth-order valence-electron chi connectivity index (χ4n) is 1.50. The van der Waals surface area contributed by atoms with Gasteiger partial charge in [-0.15, -0.1) is 0 Å². The number of aromatic amines is 1. The fraction of sp³-hybridized carbons (Fsp3) is 0.375. The zero-order valence-electron chi connectivity index (χ0n) is 6.55. The second kappa shape index (κ2) is 2.64. The average Bonchev–Trinajstić information content (AvgIpc) is 2.04. The molecule has 0 atom stereocenters. The molecule has 3 N–H and O–H groups in total. The zero-order chi connectivity index (χ0) is 8.55. The third kappa shape index (κ3) is 1.10. The molecule has 0 spiro atoms. The molecule has 4 heteroatoms. The van der Waals surface area contributed by atoms with Gasteiger partial charge in [-0.3, -0.25) is 9.78 Å². The van der Waals surface area contributed by atoms with Crippen LogP contribution in [0.15, 0.2) is 10.9 Å². The molecule has 2 rings (SSSR count). The van der Waals surface area contributed by atoms with E-state index in [0.29, 0.717) is 6.54 Å². The smallest absolute Gasteiger partial charge is 0.251 e. The number of rotatable bonds is 0. The molecule has 0 bridgehead atoms. The molecule has 12 heavy (non-hydrogen) atoms. The molecule has 64 valence electrons. The number of pyridine rings is 1. The molecule has 0 fully saturated rings. The van der Waals surface area contributed by atoms with Gasteiger partial charge in [-0.05, 0) is 18.5 Å². The number of nitrogens with one attached hydrogen (secondary N) is 2. The Labute approximate surface area is 69.2 Å². The molecule has 1 aromatic rings. The van der Waals surface area contributed by atoms with Crippen molar-refractivity contribution >= 4 is 0 Å². The summed E-state index contributed by atoms with van der Waals surface area (Å²) in [5.74, 6) is 0.0269. The van der Waals surface area contributed by atoms with Crippen molar-refractivity contribution in [2.75, 3.05) is 6.54 Å². The van der Waals surface area contributed by atoms with Crippen molar-refractivity contribution in [1.82, 2.24) is 10.3 Å². The molecular formula is C8H10N2O2. The van der Waals surface area contributed by atoms with Gasteiger partial charge in [-0.25, -0.2) is 0 Å². The van der Waals surface area contributed by atoms with Gasteiger partial charge < -0.3 is 10.4 Å². The SMILES string of the molecule is O=c1cc2c(c(O)[nH]1)CCNC2. The molecule has 0 saturated carbocycles. The molecule has 1 aliphatic heterocycles. The van der Waals surface area contributed by atoms with Crippen LogP contribution in [-0.4, -0.2) is 16.6 Å². The molecule has 0 amide bonds. The maximum absolute atomic E-state index is 10.9. The number of hydrogen-bond donors (Lipinski definition) is 3. The topological polar surface area (TPSA) is 65.1 Å². The van der Waals surface area contributed by atoms with Crippen LogP contribution in [0.4, 0.5) is 0 Å². The van der Waals surface area contributed by atoms with Gasteiger partial charge in [-0.1, -0.05) is 0 Å². The highest BCUT2D eigenvalue weighted by Crippen LogP contribution is 2.18. The fourth-order valence-corrected chi connectivity index (χ4v) is 1.50. The van der Waals surface area contributed by atoms with Gasteiger partial charge in [0, 0.05) is 18.2 Å². The van der Waals surface area contributed by atoms with Gasteiger partial charge in [0.25, 0.3) is 5.56 Å². The Balaban J connectivity index is 2.60. The van der Waals surface area contributed by atoms with Crippen LogP contribution in [0.1, 0.15) is 11.1 Å². The standard InChI is InChI=1S/C8H10N2O2/c11-7-3-5-4-9-2-1-6(5)8(12)10-7/h3,9H,1-2,4H2,(H2,10,11,12).